The molecule has 0 saturated carbocycles. The van der Waals surface area contributed by atoms with Gasteiger partial charge in [-0.25, -0.2) is 4.98 Å². The summed E-state index contributed by atoms with van der Waals surface area (Å²) in [6.45, 7) is 3.71. The number of carbonyl (C=O) groups is 1. The van der Waals surface area contributed by atoms with E-state index < -0.39 is 0 Å². The van der Waals surface area contributed by atoms with Crippen LogP contribution in [0.5, 0.6) is 0 Å². The van der Waals surface area contributed by atoms with Gasteiger partial charge in [-0.1, -0.05) is 30.3 Å². The summed E-state index contributed by atoms with van der Waals surface area (Å²) in [5.74, 6) is 0.561. The molecule has 3 saturated heterocycles. The Morgan fingerprint density at radius 1 is 1.12 bits per heavy atom. The van der Waals surface area contributed by atoms with E-state index in [4.69, 9.17) is 5.26 Å². The molecule has 5 heteroatoms. The summed E-state index contributed by atoms with van der Waals surface area (Å²) in [6.07, 6.45) is 3.78. The number of fused-ring (bicyclic) bond motifs is 4. The van der Waals surface area contributed by atoms with Gasteiger partial charge < -0.3 is 4.90 Å². The van der Waals surface area contributed by atoms with Gasteiger partial charge in [0.2, 0.25) is 0 Å². The van der Waals surface area contributed by atoms with Crippen molar-refractivity contribution in [2.24, 2.45) is 5.92 Å². The summed E-state index contributed by atoms with van der Waals surface area (Å²) in [4.78, 5) is 21.6. The van der Waals surface area contributed by atoms with Gasteiger partial charge in [-0.2, -0.15) is 5.26 Å². The fraction of sp³-hybridized carbons (Fsp3) is 0.381. The SMILES string of the molecule is N#Cc1ccc(C(=O)N2CC3CCC2CN(Cc2ccccc2)C3)cn1. The van der Waals surface area contributed by atoms with Crippen LogP contribution >= 0.6 is 0 Å². The van der Waals surface area contributed by atoms with Crippen LogP contribution in [0.15, 0.2) is 48.7 Å². The summed E-state index contributed by atoms with van der Waals surface area (Å²) >= 11 is 0. The number of piperidine rings is 1. The highest BCUT2D eigenvalue weighted by Crippen LogP contribution is 2.30. The van der Waals surface area contributed by atoms with Crippen LogP contribution in [0.2, 0.25) is 0 Å². The lowest BCUT2D eigenvalue weighted by molar-refractivity contribution is 0.0584. The van der Waals surface area contributed by atoms with Crippen molar-refractivity contribution in [3.63, 3.8) is 0 Å². The average Bonchev–Trinajstić information content (AvgIpc) is 2.99. The Hall–Kier alpha value is -2.71. The maximum atomic E-state index is 13.0. The van der Waals surface area contributed by atoms with Gasteiger partial charge >= 0.3 is 0 Å². The molecular formula is C21H22N4O. The van der Waals surface area contributed by atoms with E-state index in [-0.39, 0.29) is 11.9 Å². The fourth-order valence-electron chi connectivity index (χ4n) is 4.15. The van der Waals surface area contributed by atoms with Gasteiger partial charge in [-0.3, -0.25) is 9.69 Å². The third kappa shape index (κ3) is 3.47. The molecule has 0 aliphatic carbocycles. The van der Waals surface area contributed by atoms with Crippen LogP contribution in [0.25, 0.3) is 0 Å². The van der Waals surface area contributed by atoms with Gasteiger partial charge in [-0.15, -0.1) is 0 Å². The molecule has 2 unspecified atom stereocenters. The highest BCUT2D eigenvalue weighted by molar-refractivity contribution is 5.94. The molecule has 0 radical (unpaired) electrons. The normalized spacial score (nSPS) is 22.7. The number of hydrogen-bond donors (Lipinski definition) is 0. The minimum atomic E-state index is 0.0400. The minimum Gasteiger partial charge on any atom is -0.334 e. The topological polar surface area (TPSA) is 60.2 Å². The number of nitrogens with zero attached hydrogens (tertiary/aromatic N) is 4. The van der Waals surface area contributed by atoms with Crippen LogP contribution in [-0.2, 0) is 6.54 Å². The van der Waals surface area contributed by atoms with Crippen molar-refractivity contribution < 1.29 is 4.79 Å². The standard InChI is InChI=1S/C21H22N4O/c22-10-19-8-7-18(11-23-19)21(26)25-14-17-6-9-20(25)15-24(13-17)12-16-4-2-1-3-5-16/h1-5,7-8,11,17,20H,6,9,12-15H2. The van der Waals surface area contributed by atoms with Gasteiger partial charge in [0.1, 0.15) is 11.8 Å². The molecule has 2 bridgehead atoms. The molecule has 2 atom stereocenters. The Labute approximate surface area is 153 Å². The van der Waals surface area contributed by atoms with E-state index in [1.54, 1.807) is 12.1 Å². The van der Waals surface area contributed by atoms with E-state index in [9.17, 15) is 4.79 Å². The molecule has 0 spiro atoms. The molecule has 132 valence electrons. The zero-order valence-electron chi connectivity index (χ0n) is 14.7. The largest absolute Gasteiger partial charge is 0.334 e. The zero-order chi connectivity index (χ0) is 17.9. The van der Waals surface area contributed by atoms with Crippen molar-refractivity contribution in [2.75, 3.05) is 19.6 Å². The Kier molecular flexibility index (Phi) is 4.68. The van der Waals surface area contributed by atoms with E-state index in [2.05, 4.69) is 34.1 Å². The van der Waals surface area contributed by atoms with Crippen molar-refractivity contribution in [3.05, 3.63) is 65.5 Å². The number of aromatic nitrogens is 1. The van der Waals surface area contributed by atoms with Crippen LogP contribution in [-0.4, -0.2) is 46.4 Å². The number of carbonyl (C=O) groups excluding carboxylic acids is 1. The predicted octanol–water partition coefficient (Wildman–Crippen LogP) is 2.69. The van der Waals surface area contributed by atoms with Crippen LogP contribution in [0.1, 0.15) is 34.5 Å². The van der Waals surface area contributed by atoms with Crippen molar-refractivity contribution in [3.8, 4) is 6.07 Å². The maximum Gasteiger partial charge on any atom is 0.255 e. The first-order valence-corrected chi connectivity index (χ1v) is 9.16. The molecule has 3 fully saturated rings. The van der Waals surface area contributed by atoms with Crippen molar-refractivity contribution in [1.29, 1.82) is 5.26 Å². The van der Waals surface area contributed by atoms with E-state index in [1.165, 1.54) is 18.2 Å². The predicted molar refractivity (Wildman–Crippen MR) is 98.2 cm³/mol. The van der Waals surface area contributed by atoms with E-state index in [0.29, 0.717) is 17.2 Å². The summed E-state index contributed by atoms with van der Waals surface area (Å²) in [5, 5.41) is 8.88. The number of amides is 1. The quantitative estimate of drug-likeness (QED) is 0.857. The second kappa shape index (κ2) is 7.27. The Morgan fingerprint density at radius 2 is 1.96 bits per heavy atom. The number of rotatable bonds is 3. The molecule has 26 heavy (non-hydrogen) atoms. The number of pyridine rings is 1. The molecule has 2 aromatic rings. The summed E-state index contributed by atoms with van der Waals surface area (Å²) < 4.78 is 0. The van der Waals surface area contributed by atoms with Crippen LogP contribution in [0, 0.1) is 17.2 Å². The number of nitriles is 1. The molecule has 1 aromatic heterocycles. The summed E-state index contributed by atoms with van der Waals surface area (Å²) in [6, 6.07) is 16.1. The number of hydrogen-bond acceptors (Lipinski definition) is 4. The third-order valence-corrected chi connectivity index (χ3v) is 5.42. The second-order valence-corrected chi connectivity index (χ2v) is 7.28. The minimum absolute atomic E-state index is 0.0400. The Morgan fingerprint density at radius 3 is 2.69 bits per heavy atom. The molecule has 5 rings (SSSR count). The second-order valence-electron chi connectivity index (χ2n) is 7.28. The smallest absolute Gasteiger partial charge is 0.255 e. The maximum absolute atomic E-state index is 13.0. The van der Waals surface area contributed by atoms with E-state index in [1.807, 2.05) is 17.0 Å². The first-order valence-electron chi connectivity index (χ1n) is 9.16. The molecule has 3 aliphatic heterocycles. The highest BCUT2D eigenvalue weighted by atomic mass is 16.2. The zero-order valence-corrected chi connectivity index (χ0v) is 14.7. The highest BCUT2D eigenvalue weighted by Gasteiger charge is 2.37. The number of benzene rings is 1. The molecule has 0 N–H and O–H groups in total. The van der Waals surface area contributed by atoms with Gasteiger partial charge in [-0.05, 0) is 36.5 Å². The van der Waals surface area contributed by atoms with Gasteiger partial charge in [0, 0.05) is 38.4 Å². The van der Waals surface area contributed by atoms with Gasteiger partial charge in [0.05, 0.1) is 5.56 Å². The van der Waals surface area contributed by atoms with E-state index in [0.717, 1.165) is 32.6 Å². The molecule has 1 aromatic carbocycles. The van der Waals surface area contributed by atoms with Crippen molar-refractivity contribution >= 4 is 5.91 Å². The van der Waals surface area contributed by atoms with Crippen LogP contribution < -0.4 is 0 Å². The molecule has 3 aliphatic rings. The first-order chi connectivity index (χ1) is 12.7. The van der Waals surface area contributed by atoms with Crippen LogP contribution in [0.3, 0.4) is 0 Å². The average molecular weight is 346 g/mol. The van der Waals surface area contributed by atoms with Gasteiger partial charge in [0.25, 0.3) is 5.91 Å². The Bertz CT molecular complexity index is 812. The molecule has 1 amide bonds. The lowest BCUT2D eigenvalue weighted by Gasteiger charge is -2.36. The lowest BCUT2D eigenvalue weighted by Crippen LogP contribution is -2.47. The van der Waals surface area contributed by atoms with Crippen molar-refractivity contribution in [2.45, 2.75) is 25.4 Å². The van der Waals surface area contributed by atoms with Crippen molar-refractivity contribution in [1.82, 2.24) is 14.8 Å². The first kappa shape index (κ1) is 16.7. The lowest BCUT2D eigenvalue weighted by atomic mass is 9.94. The third-order valence-electron chi connectivity index (χ3n) is 5.42. The monoisotopic (exact) mass is 346 g/mol. The van der Waals surface area contributed by atoms with E-state index >= 15 is 0 Å². The fourth-order valence-corrected chi connectivity index (χ4v) is 4.15. The molecule has 5 nitrogen and oxygen atoms in total. The van der Waals surface area contributed by atoms with Crippen LogP contribution in [0.4, 0.5) is 0 Å². The summed E-state index contributed by atoms with van der Waals surface area (Å²) in [5.41, 5.74) is 2.24. The molecular weight excluding hydrogens is 324 g/mol. The Balaban J connectivity index is 1.49. The summed E-state index contributed by atoms with van der Waals surface area (Å²) in [7, 11) is 0. The molecule has 4 heterocycles. The van der Waals surface area contributed by atoms with Gasteiger partial charge in [0.15, 0.2) is 0 Å².